The molecule has 4 rings (SSSR count). The number of hydrogen-bond acceptors (Lipinski definition) is 5. The van der Waals surface area contributed by atoms with Crippen LogP contribution in [0.4, 0.5) is 11.6 Å². The normalized spacial score (nSPS) is 19.2. The minimum Gasteiger partial charge on any atom is -0.372 e. The number of amides is 1. The number of rotatable bonds is 5. The predicted molar refractivity (Wildman–Crippen MR) is 112 cm³/mol. The zero-order valence-corrected chi connectivity index (χ0v) is 16.7. The zero-order valence-electron chi connectivity index (χ0n) is 16.7. The topological polar surface area (TPSA) is 72.3 Å². The predicted octanol–water partition coefficient (Wildman–Crippen LogP) is 3.19. The van der Waals surface area contributed by atoms with Gasteiger partial charge in [-0.2, -0.15) is 5.10 Å². The molecule has 0 spiro atoms. The molecule has 150 valence electrons. The van der Waals surface area contributed by atoms with Crippen molar-refractivity contribution >= 4 is 17.5 Å². The Balaban J connectivity index is 1.42. The molecular formula is C22H25N5O2. The Bertz CT molecular complexity index is 945. The first kappa shape index (κ1) is 19.1. The number of ether oxygens (including phenoxy) is 1. The highest BCUT2D eigenvalue weighted by Crippen LogP contribution is 2.19. The molecule has 1 aliphatic rings. The van der Waals surface area contributed by atoms with Crippen molar-refractivity contribution in [3.05, 3.63) is 72.1 Å². The van der Waals surface area contributed by atoms with E-state index in [0.29, 0.717) is 17.9 Å². The van der Waals surface area contributed by atoms with Crippen molar-refractivity contribution in [1.29, 1.82) is 0 Å². The molecule has 2 aromatic heterocycles. The number of nitrogens with one attached hydrogen (secondary N) is 1. The quantitative estimate of drug-likeness (QED) is 0.723. The van der Waals surface area contributed by atoms with Gasteiger partial charge in [0, 0.05) is 25.4 Å². The maximum absolute atomic E-state index is 12.7. The lowest BCUT2D eigenvalue weighted by Crippen LogP contribution is -2.45. The smallest absolute Gasteiger partial charge is 0.258 e. The third-order valence-electron chi connectivity index (χ3n) is 4.89. The molecule has 0 radical (unpaired) electrons. The van der Waals surface area contributed by atoms with Gasteiger partial charge in [0.2, 0.25) is 0 Å². The third-order valence-corrected chi connectivity index (χ3v) is 4.89. The van der Waals surface area contributed by atoms with Gasteiger partial charge in [-0.25, -0.2) is 9.67 Å². The van der Waals surface area contributed by atoms with Gasteiger partial charge in [0.05, 0.1) is 30.5 Å². The number of morpholine rings is 1. The molecule has 1 saturated heterocycles. The SMILES string of the molecule is CC1CN(c2ccc(C(=O)Nc3ccnn3Cc3ccccc3)cn2)CC(C)O1. The minimum absolute atomic E-state index is 0.161. The number of aromatic nitrogens is 3. The largest absolute Gasteiger partial charge is 0.372 e. The highest BCUT2D eigenvalue weighted by Gasteiger charge is 2.23. The second-order valence-corrected chi connectivity index (χ2v) is 7.38. The van der Waals surface area contributed by atoms with Crippen LogP contribution in [0.2, 0.25) is 0 Å². The Morgan fingerprint density at radius 3 is 2.55 bits per heavy atom. The monoisotopic (exact) mass is 391 g/mol. The van der Waals surface area contributed by atoms with Gasteiger partial charge < -0.3 is 15.0 Å². The molecule has 0 aliphatic carbocycles. The fourth-order valence-corrected chi connectivity index (χ4v) is 3.58. The van der Waals surface area contributed by atoms with Gasteiger partial charge >= 0.3 is 0 Å². The van der Waals surface area contributed by atoms with Crippen molar-refractivity contribution in [2.24, 2.45) is 0 Å². The summed E-state index contributed by atoms with van der Waals surface area (Å²) in [5, 5.41) is 7.24. The molecule has 1 amide bonds. The molecular weight excluding hydrogens is 366 g/mol. The van der Waals surface area contributed by atoms with E-state index in [0.717, 1.165) is 24.5 Å². The van der Waals surface area contributed by atoms with Gasteiger partial charge in [-0.3, -0.25) is 4.79 Å². The molecule has 29 heavy (non-hydrogen) atoms. The van der Waals surface area contributed by atoms with Crippen molar-refractivity contribution in [2.45, 2.75) is 32.6 Å². The standard InChI is InChI=1S/C22H25N5O2/c1-16-13-26(14-17(2)29-16)20-9-8-19(12-23-20)22(28)25-21-10-11-24-27(21)15-18-6-4-3-5-7-18/h3-12,16-17H,13-15H2,1-2H3,(H,25,28). The van der Waals surface area contributed by atoms with Crippen LogP contribution >= 0.6 is 0 Å². The first-order valence-corrected chi connectivity index (χ1v) is 9.82. The van der Waals surface area contributed by atoms with Gasteiger partial charge in [-0.05, 0) is 31.5 Å². The Morgan fingerprint density at radius 2 is 1.86 bits per heavy atom. The first-order valence-electron chi connectivity index (χ1n) is 9.82. The molecule has 1 fully saturated rings. The number of anilines is 2. The number of hydrogen-bond donors (Lipinski definition) is 1. The Morgan fingerprint density at radius 1 is 1.10 bits per heavy atom. The van der Waals surface area contributed by atoms with Gasteiger partial charge in [-0.15, -0.1) is 0 Å². The van der Waals surface area contributed by atoms with E-state index in [4.69, 9.17) is 4.74 Å². The average Bonchev–Trinajstić information content (AvgIpc) is 3.14. The fraction of sp³-hybridized carbons (Fsp3) is 0.318. The highest BCUT2D eigenvalue weighted by molar-refractivity contribution is 6.03. The lowest BCUT2D eigenvalue weighted by molar-refractivity contribution is -0.00546. The van der Waals surface area contributed by atoms with Crippen LogP contribution in [0.1, 0.15) is 29.8 Å². The summed E-state index contributed by atoms with van der Waals surface area (Å²) in [5.74, 6) is 1.30. The molecule has 3 heterocycles. The second-order valence-electron chi connectivity index (χ2n) is 7.38. The van der Waals surface area contributed by atoms with E-state index >= 15 is 0 Å². The number of nitrogens with zero attached hydrogens (tertiary/aromatic N) is 4. The maximum atomic E-state index is 12.7. The number of benzene rings is 1. The molecule has 7 heteroatoms. The summed E-state index contributed by atoms with van der Waals surface area (Å²) in [6, 6.07) is 15.5. The van der Waals surface area contributed by atoms with Crippen molar-refractivity contribution in [1.82, 2.24) is 14.8 Å². The molecule has 1 N–H and O–H groups in total. The van der Waals surface area contributed by atoms with Gasteiger partial charge in [-0.1, -0.05) is 30.3 Å². The summed E-state index contributed by atoms with van der Waals surface area (Å²) < 4.78 is 7.54. The summed E-state index contributed by atoms with van der Waals surface area (Å²) in [6.45, 7) is 6.29. The van der Waals surface area contributed by atoms with E-state index in [1.807, 2.05) is 36.4 Å². The molecule has 0 saturated carbocycles. The van der Waals surface area contributed by atoms with Gasteiger partial charge in [0.1, 0.15) is 11.6 Å². The van der Waals surface area contributed by atoms with E-state index in [1.165, 1.54) is 0 Å². The first-order chi connectivity index (χ1) is 14.1. The van der Waals surface area contributed by atoms with Gasteiger partial charge in [0.25, 0.3) is 5.91 Å². The van der Waals surface area contributed by atoms with E-state index in [2.05, 4.69) is 34.1 Å². The van der Waals surface area contributed by atoms with Crippen LogP contribution in [-0.2, 0) is 11.3 Å². The Kier molecular flexibility index (Phi) is 5.57. The molecule has 0 bridgehead atoms. The van der Waals surface area contributed by atoms with Crippen molar-refractivity contribution in [3.8, 4) is 0 Å². The van der Waals surface area contributed by atoms with Crippen LogP contribution in [-0.4, -0.2) is 46.0 Å². The van der Waals surface area contributed by atoms with Crippen LogP contribution in [0.15, 0.2) is 60.9 Å². The summed E-state index contributed by atoms with van der Waals surface area (Å²) in [4.78, 5) is 19.4. The molecule has 1 aromatic carbocycles. The summed E-state index contributed by atoms with van der Waals surface area (Å²) in [6.07, 6.45) is 3.62. The summed E-state index contributed by atoms with van der Waals surface area (Å²) in [5.41, 5.74) is 1.63. The van der Waals surface area contributed by atoms with Crippen LogP contribution in [0.5, 0.6) is 0 Å². The molecule has 3 aromatic rings. The summed E-state index contributed by atoms with van der Waals surface area (Å²) >= 11 is 0. The zero-order chi connectivity index (χ0) is 20.2. The van der Waals surface area contributed by atoms with Crippen LogP contribution in [0.3, 0.4) is 0 Å². The lowest BCUT2D eigenvalue weighted by atomic mass is 10.2. The number of pyridine rings is 1. The fourth-order valence-electron chi connectivity index (χ4n) is 3.58. The van der Waals surface area contributed by atoms with Gasteiger partial charge in [0.15, 0.2) is 0 Å². The average molecular weight is 391 g/mol. The summed E-state index contributed by atoms with van der Waals surface area (Å²) in [7, 11) is 0. The molecule has 2 atom stereocenters. The molecule has 1 aliphatic heterocycles. The number of carbonyl (C=O) groups is 1. The Labute approximate surface area is 170 Å². The number of carbonyl (C=O) groups excluding carboxylic acids is 1. The van der Waals surface area contributed by atoms with Crippen LogP contribution in [0.25, 0.3) is 0 Å². The Hall–Kier alpha value is -3.19. The van der Waals surface area contributed by atoms with E-state index in [-0.39, 0.29) is 18.1 Å². The minimum atomic E-state index is -0.206. The second kappa shape index (κ2) is 8.45. The van der Waals surface area contributed by atoms with E-state index < -0.39 is 0 Å². The molecule has 7 nitrogen and oxygen atoms in total. The van der Waals surface area contributed by atoms with Crippen molar-refractivity contribution < 1.29 is 9.53 Å². The van der Waals surface area contributed by atoms with Crippen LogP contribution in [0, 0.1) is 0 Å². The lowest BCUT2D eigenvalue weighted by Gasteiger charge is -2.36. The highest BCUT2D eigenvalue weighted by atomic mass is 16.5. The van der Waals surface area contributed by atoms with Crippen molar-refractivity contribution in [2.75, 3.05) is 23.3 Å². The van der Waals surface area contributed by atoms with Crippen molar-refractivity contribution in [3.63, 3.8) is 0 Å². The third kappa shape index (κ3) is 4.63. The van der Waals surface area contributed by atoms with Crippen LogP contribution < -0.4 is 10.2 Å². The maximum Gasteiger partial charge on any atom is 0.258 e. The van der Waals surface area contributed by atoms with E-state index in [1.54, 1.807) is 29.2 Å². The van der Waals surface area contributed by atoms with E-state index in [9.17, 15) is 4.79 Å². The molecule has 2 unspecified atom stereocenters.